The fraction of sp³-hybridized carbons (Fsp3) is 0.250. The quantitative estimate of drug-likeness (QED) is 0.793. The Bertz CT molecular complexity index is 494. The summed E-state index contributed by atoms with van der Waals surface area (Å²) in [7, 11) is 0. The minimum Gasteiger partial charge on any atom is -0.480 e. The summed E-state index contributed by atoms with van der Waals surface area (Å²) in [6.07, 6.45) is 0. The molecule has 0 unspecified atom stereocenters. The molecule has 0 atom stereocenters. The summed E-state index contributed by atoms with van der Waals surface area (Å²) in [6.45, 7) is 0.369. The molecule has 1 aromatic carbocycles. The monoisotopic (exact) mass is 268 g/mol. The normalized spacial score (nSPS) is 10.0. The molecule has 0 spiro atoms. The van der Waals surface area contributed by atoms with Gasteiger partial charge in [0.2, 0.25) is 5.91 Å². The minimum atomic E-state index is -1.29. The molecule has 0 aliphatic carbocycles. The Balaban J connectivity index is 3.03. The summed E-state index contributed by atoms with van der Waals surface area (Å²) in [4.78, 5) is 34.2. The molecule has 0 aliphatic heterocycles. The number of carbonyl (C=O) groups excluding carboxylic acids is 2. The summed E-state index contributed by atoms with van der Waals surface area (Å²) in [5.74, 6) is -3.51. The number of amides is 2. The van der Waals surface area contributed by atoms with Crippen molar-refractivity contribution in [3.63, 3.8) is 0 Å². The second kappa shape index (κ2) is 5.94. The molecular weight excluding hydrogens is 255 g/mol. The molecule has 7 heteroatoms. The first-order valence-electron chi connectivity index (χ1n) is 5.36. The van der Waals surface area contributed by atoms with E-state index in [-0.39, 0.29) is 5.56 Å². The van der Waals surface area contributed by atoms with Crippen LogP contribution in [0.2, 0.25) is 0 Å². The molecule has 2 amide bonds. The molecule has 0 fully saturated rings. The van der Waals surface area contributed by atoms with Crippen LogP contribution in [-0.4, -0.2) is 40.9 Å². The number of carboxylic acid groups (broad SMARTS) is 1. The molecule has 0 heterocycles. The number of benzene rings is 1. The van der Waals surface area contributed by atoms with E-state index in [4.69, 9.17) is 10.8 Å². The first-order chi connectivity index (χ1) is 8.79. The molecule has 1 aromatic rings. The van der Waals surface area contributed by atoms with Crippen molar-refractivity contribution in [2.45, 2.75) is 6.92 Å². The van der Waals surface area contributed by atoms with Gasteiger partial charge in [0.25, 0.3) is 5.91 Å². The number of primary amides is 1. The maximum Gasteiger partial charge on any atom is 0.323 e. The Morgan fingerprint density at radius 3 is 2.37 bits per heavy atom. The molecule has 19 heavy (non-hydrogen) atoms. The average Bonchev–Trinajstić information content (AvgIpc) is 2.24. The van der Waals surface area contributed by atoms with Crippen LogP contribution in [0.3, 0.4) is 0 Å². The molecule has 0 saturated carbocycles. The van der Waals surface area contributed by atoms with Crippen LogP contribution in [0.5, 0.6) is 0 Å². The zero-order chi connectivity index (χ0) is 14.6. The van der Waals surface area contributed by atoms with Gasteiger partial charge >= 0.3 is 5.97 Å². The Hall–Kier alpha value is -2.44. The summed E-state index contributed by atoms with van der Waals surface area (Å²) < 4.78 is 13.2. The van der Waals surface area contributed by atoms with Crippen molar-refractivity contribution in [2.24, 2.45) is 5.73 Å². The Morgan fingerprint density at radius 1 is 1.26 bits per heavy atom. The van der Waals surface area contributed by atoms with E-state index < -0.39 is 36.7 Å². The third-order valence-corrected chi connectivity index (χ3v) is 2.25. The minimum absolute atomic E-state index is 0.0278. The standard InChI is InChI=1S/C12H13FN2O4/c1-7-2-8(4-9(13)3-7)12(19)15(5-10(14)16)6-11(17)18/h2-4H,5-6H2,1H3,(H2,14,16)(H,17,18). The van der Waals surface area contributed by atoms with Crippen molar-refractivity contribution in [3.05, 3.63) is 35.1 Å². The predicted octanol–water partition coefficient (Wildman–Crippen LogP) is 0.146. The number of carbonyl (C=O) groups is 3. The van der Waals surface area contributed by atoms with Crippen molar-refractivity contribution in [3.8, 4) is 0 Å². The lowest BCUT2D eigenvalue weighted by molar-refractivity contribution is -0.138. The van der Waals surface area contributed by atoms with Gasteiger partial charge in [-0.3, -0.25) is 14.4 Å². The van der Waals surface area contributed by atoms with Crippen LogP contribution in [-0.2, 0) is 9.59 Å². The van der Waals surface area contributed by atoms with Gasteiger partial charge in [-0.05, 0) is 30.7 Å². The predicted molar refractivity (Wildman–Crippen MR) is 63.9 cm³/mol. The highest BCUT2D eigenvalue weighted by atomic mass is 19.1. The highest BCUT2D eigenvalue weighted by molar-refractivity contribution is 5.98. The van der Waals surface area contributed by atoms with Crippen LogP contribution in [0.4, 0.5) is 4.39 Å². The first kappa shape index (κ1) is 14.6. The molecule has 3 N–H and O–H groups in total. The molecule has 6 nitrogen and oxygen atoms in total. The first-order valence-corrected chi connectivity index (χ1v) is 5.36. The van der Waals surface area contributed by atoms with E-state index in [1.54, 1.807) is 6.92 Å². The van der Waals surface area contributed by atoms with E-state index >= 15 is 0 Å². The smallest absolute Gasteiger partial charge is 0.323 e. The maximum atomic E-state index is 13.2. The van der Waals surface area contributed by atoms with E-state index in [1.807, 2.05) is 0 Å². The highest BCUT2D eigenvalue weighted by Gasteiger charge is 2.21. The van der Waals surface area contributed by atoms with E-state index in [1.165, 1.54) is 12.1 Å². The summed E-state index contributed by atoms with van der Waals surface area (Å²) >= 11 is 0. The van der Waals surface area contributed by atoms with Gasteiger partial charge in [0, 0.05) is 5.56 Å². The molecule has 0 saturated heterocycles. The zero-order valence-electron chi connectivity index (χ0n) is 10.2. The number of hydrogen-bond acceptors (Lipinski definition) is 3. The number of hydrogen-bond donors (Lipinski definition) is 2. The van der Waals surface area contributed by atoms with Crippen LogP contribution in [0.25, 0.3) is 0 Å². The number of nitrogens with two attached hydrogens (primary N) is 1. The zero-order valence-corrected chi connectivity index (χ0v) is 10.2. The second-order valence-electron chi connectivity index (χ2n) is 4.04. The fourth-order valence-electron chi connectivity index (χ4n) is 1.59. The summed E-state index contributed by atoms with van der Waals surface area (Å²) in [6, 6.07) is 3.61. The highest BCUT2D eigenvalue weighted by Crippen LogP contribution is 2.11. The van der Waals surface area contributed by atoms with Crippen LogP contribution in [0.15, 0.2) is 18.2 Å². The van der Waals surface area contributed by atoms with Gasteiger partial charge in [0.1, 0.15) is 18.9 Å². The van der Waals surface area contributed by atoms with Gasteiger partial charge in [-0.25, -0.2) is 4.39 Å². The lowest BCUT2D eigenvalue weighted by Crippen LogP contribution is -2.41. The molecule has 102 valence electrons. The molecule has 1 rings (SSSR count). The Morgan fingerprint density at radius 2 is 1.89 bits per heavy atom. The number of rotatable bonds is 5. The maximum absolute atomic E-state index is 13.2. The largest absolute Gasteiger partial charge is 0.480 e. The number of aryl methyl sites for hydroxylation is 1. The molecular formula is C12H13FN2O4. The molecule has 0 radical (unpaired) electrons. The van der Waals surface area contributed by atoms with E-state index in [9.17, 15) is 18.8 Å². The van der Waals surface area contributed by atoms with Gasteiger partial charge in [0.05, 0.1) is 0 Å². The third-order valence-electron chi connectivity index (χ3n) is 2.25. The molecule has 0 bridgehead atoms. The van der Waals surface area contributed by atoms with Gasteiger partial charge in [-0.2, -0.15) is 0 Å². The lowest BCUT2D eigenvalue weighted by Gasteiger charge is -2.19. The van der Waals surface area contributed by atoms with Gasteiger partial charge in [-0.1, -0.05) is 0 Å². The Labute approximate surface area is 108 Å². The number of halogens is 1. The van der Waals surface area contributed by atoms with Crippen molar-refractivity contribution in [1.82, 2.24) is 4.90 Å². The fourth-order valence-corrected chi connectivity index (χ4v) is 1.59. The molecule has 0 aliphatic rings. The number of carboxylic acids is 1. The second-order valence-corrected chi connectivity index (χ2v) is 4.04. The average molecular weight is 268 g/mol. The summed E-state index contributed by atoms with van der Waals surface area (Å²) in [5.41, 5.74) is 5.43. The van der Waals surface area contributed by atoms with Crippen molar-refractivity contribution < 1.29 is 23.9 Å². The van der Waals surface area contributed by atoms with Crippen LogP contribution in [0.1, 0.15) is 15.9 Å². The van der Waals surface area contributed by atoms with E-state index in [2.05, 4.69) is 0 Å². The van der Waals surface area contributed by atoms with Crippen LogP contribution < -0.4 is 5.73 Å². The van der Waals surface area contributed by atoms with Crippen molar-refractivity contribution in [1.29, 1.82) is 0 Å². The van der Waals surface area contributed by atoms with Gasteiger partial charge < -0.3 is 15.7 Å². The third kappa shape index (κ3) is 4.38. The SMILES string of the molecule is Cc1cc(F)cc(C(=O)N(CC(N)=O)CC(=O)O)c1. The van der Waals surface area contributed by atoms with Gasteiger partial charge in [-0.15, -0.1) is 0 Å². The van der Waals surface area contributed by atoms with E-state index in [0.717, 1.165) is 11.0 Å². The van der Waals surface area contributed by atoms with Crippen molar-refractivity contribution in [2.75, 3.05) is 13.1 Å². The van der Waals surface area contributed by atoms with Crippen LogP contribution in [0, 0.1) is 12.7 Å². The van der Waals surface area contributed by atoms with Crippen LogP contribution >= 0.6 is 0 Å². The number of aliphatic carboxylic acids is 1. The van der Waals surface area contributed by atoms with Crippen molar-refractivity contribution >= 4 is 17.8 Å². The van der Waals surface area contributed by atoms with E-state index in [0.29, 0.717) is 5.56 Å². The molecule has 0 aromatic heterocycles. The topological polar surface area (TPSA) is 101 Å². The Kier molecular flexibility index (Phi) is 4.57. The lowest BCUT2D eigenvalue weighted by atomic mass is 10.1. The van der Waals surface area contributed by atoms with Gasteiger partial charge in [0.15, 0.2) is 0 Å². The number of nitrogens with zero attached hydrogens (tertiary/aromatic N) is 1. The summed E-state index contributed by atoms with van der Waals surface area (Å²) in [5, 5.41) is 8.68.